The van der Waals surface area contributed by atoms with Gasteiger partial charge in [-0.2, -0.15) is 13.2 Å². The molecule has 0 aliphatic carbocycles. The van der Waals surface area contributed by atoms with Crippen LogP contribution in [-0.2, 0) is 11.0 Å². The molecule has 188 valence electrons. The molecule has 4 rings (SSSR count). The average Bonchev–Trinajstić information content (AvgIpc) is 3.14. The number of amides is 1. The first-order valence-corrected chi connectivity index (χ1v) is 10.8. The minimum atomic E-state index is -4.91. The summed E-state index contributed by atoms with van der Waals surface area (Å²) in [6.45, 7) is 1.83. The Bertz CT molecular complexity index is 1250. The number of anilines is 1. The Hall–Kier alpha value is -3.95. The lowest BCUT2D eigenvalue weighted by Gasteiger charge is -2.26. The van der Waals surface area contributed by atoms with Crippen molar-refractivity contribution in [2.75, 3.05) is 4.90 Å². The van der Waals surface area contributed by atoms with Gasteiger partial charge in [0.05, 0.1) is 17.3 Å². The first kappa shape index (κ1) is 25.2. The van der Waals surface area contributed by atoms with Gasteiger partial charge in [-0.15, -0.1) is 13.2 Å². The van der Waals surface area contributed by atoms with Crippen LogP contribution in [-0.4, -0.2) is 12.3 Å². The summed E-state index contributed by atoms with van der Waals surface area (Å²) in [6.07, 6.45) is -7.94. The summed E-state index contributed by atoms with van der Waals surface area (Å²) in [5.74, 6) is -1.02. The summed E-state index contributed by atoms with van der Waals surface area (Å²) < 4.78 is 81.4. The van der Waals surface area contributed by atoms with Gasteiger partial charge in [0.1, 0.15) is 5.75 Å². The minimum absolute atomic E-state index is 0.153. The zero-order valence-corrected chi connectivity index (χ0v) is 18.8. The molecule has 0 spiro atoms. The number of halogens is 6. The van der Waals surface area contributed by atoms with Gasteiger partial charge in [-0.3, -0.25) is 9.69 Å². The number of nitrogens with zero attached hydrogens (tertiary/aromatic N) is 1. The van der Waals surface area contributed by atoms with Crippen LogP contribution >= 0.6 is 0 Å². The van der Waals surface area contributed by atoms with E-state index in [0.717, 1.165) is 42.0 Å². The predicted molar refractivity (Wildman–Crippen MR) is 121 cm³/mol. The average molecular weight is 506 g/mol. The van der Waals surface area contributed by atoms with Gasteiger partial charge in [0, 0.05) is 11.7 Å². The van der Waals surface area contributed by atoms with E-state index in [1.54, 1.807) is 0 Å². The fourth-order valence-corrected chi connectivity index (χ4v) is 3.96. The molecule has 0 bridgehead atoms. The maximum Gasteiger partial charge on any atom is 0.573 e. The van der Waals surface area contributed by atoms with Crippen molar-refractivity contribution in [2.24, 2.45) is 0 Å². The molecule has 1 amide bonds. The molecular weight excluding hydrogens is 486 g/mol. The molecule has 0 fully saturated rings. The third-order valence-electron chi connectivity index (χ3n) is 5.63. The first-order valence-electron chi connectivity index (χ1n) is 10.8. The highest BCUT2D eigenvalue weighted by molar-refractivity contribution is 6.08. The molecule has 1 aliphatic heterocycles. The maximum absolute atomic E-state index is 13.4. The number of alkyl halides is 6. The quantitative estimate of drug-likeness (QED) is 0.369. The SMILES string of the molecule is C[C@@H](NC1=CC(c2cccc(OC(F)(F)F)c2)N(c2ccc(C(F)(F)F)cc2)C1=O)c1ccccc1. The molecule has 3 aromatic rings. The van der Waals surface area contributed by atoms with Crippen molar-refractivity contribution in [1.29, 1.82) is 0 Å². The maximum atomic E-state index is 13.4. The molecule has 36 heavy (non-hydrogen) atoms. The number of ether oxygens (including phenoxy) is 1. The number of rotatable bonds is 6. The lowest BCUT2D eigenvalue weighted by Crippen LogP contribution is -2.33. The normalized spacial score (nSPS) is 17.1. The molecule has 1 aliphatic rings. The van der Waals surface area contributed by atoms with Gasteiger partial charge in [0.25, 0.3) is 5.91 Å². The molecule has 2 atom stereocenters. The van der Waals surface area contributed by atoms with E-state index in [-0.39, 0.29) is 23.0 Å². The van der Waals surface area contributed by atoms with Crippen LogP contribution in [0.4, 0.5) is 32.0 Å². The fourth-order valence-electron chi connectivity index (χ4n) is 3.96. The summed E-state index contributed by atoms with van der Waals surface area (Å²) >= 11 is 0. The molecule has 3 aromatic carbocycles. The number of hydrogen-bond acceptors (Lipinski definition) is 3. The number of nitrogens with one attached hydrogen (secondary N) is 1. The van der Waals surface area contributed by atoms with Crippen LogP contribution in [0.5, 0.6) is 5.75 Å². The van der Waals surface area contributed by atoms with E-state index in [0.29, 0.717) is 0 Å². The largest absolute Gasteiger partial charge is 0.573 e. The highest BCUT2D eigenvalue weighted by Gasteiger charge is 2.37. The Labute approximate surface area is 202 Å². The Kier molecular flexibility index (Phi) is 6.71. The Morgan fingerprint density at radius 3 is 2.17 bits per heavy atom. The second-order valence-electron chi connectivity index (χ2n) is 8.14. The molecule has 1 N–H and O–H groups in total. The molecule has 1 unspecified atom stereocenters. The fraction of sp³-hybridized carbons (Fsp3) is 0.192. The van der Waals surface area contributed by atoms with Crippen LogP contribution in [0.15, 0.2) is 90.6 Å². The summed E-state index contributed by atoms with van der Waals surface area (Å²) in [5.41, 5.74) is 0.600. The van der Waals surface area contributed by atoms with Crippen molar-refractivity contribution in [3.05, 3.63) is 107 Å². The molecule has 0 radical (unpaired) electrons. The van der Waals surface area contributed by atoms with Crippen molar-refractivity contribution in [2.45, 2.75) is 31.5 Å². The highest BCUT2D eigenvalue weighted by Crippen LogP contribution is 2.39. The van der Waals surface area contributed by atoms with Gasteiger partial charge in [0.15, 0.2) is 0 Å². The zero-order valence-electron chi connectivity index (χ0n) is 18.8. The Balaban J connectivity index is 1.71. The summed E-state index contributed by atoms with van der Waals surface area (Å²) in [6, 6.07) is 17.2. The molecule has 10 heteroatoms. The Morgan fingerprint density at radius 2 is 1.56 bits per heavy atom. The van der Waals surface area contributed by atoms with E-state index in [1.165, 1.54) is 23.1 Å². The minimum Gasteiger partial charge on any atom is -0.406 e. The van der Waals surface area contributed by atoms with E-state index >= 15 is 0 Å². The third-order valence-corrected chi connectivity index (χ3v) is 5.63. The van der Waals surface area contributed by atoms with Gasteiger partial charge in [0.2, 0.25) is 0 Å². The Morgan fingerprint density at radius 1 is 0.889 bits per heavy atom. The van der Waals surface area contributed by atoms with Gasteiger partial charge in [-0.05, 0) is 60.5 Å². The van der Waals surface area contributed by atoms with Gasteiger partial charge in [-0.25, -0.2) is 0 Å². The van der Waals surface area contributed by atoms with Gasteiger partial charge in [-0.1, -0.05) is 42.5 Å². The molecule has 4 nitrogen and oxygen atoms in total. The zero-order chi connectivity index (χ0) is 26.1. The second kappa shape index (κ2) is 9.60. The van der Waals surface area contributed by atoms with Crippen LogP contribution in [0.3, 0.4) is 0 Å². The van der Waals surface area contributed by atoms with Crippen LogP contribution < -0.4 is 15.0 Å². The molecule has 0 saturated heterocycles. The van der Waals surface area contributed by atoms with Crippen molar-refractivity contribution in [3.63, 3.8) is 0 Å². The number of benzene rings is 3. The van der Waals surface area contributed by atoms with E-state index in [2.05, 4.69) is 10.1 Å². The topological polar surface area (TPSA) is 41.6 Å². The van der Waals surface area contributed by atoms with Crippen LogP contribution in [0.25, 0.3) is 0 Å². The van der Waals surface area contributed by atoms with Crippen molar-refractivity contribution < 1.29 is 35.9 Å². The van der Waals surface area contributed by atoms with Crippen LogP contribution in [0.2, 0.25) is 0 Å². The van der Waals surface area contributed by atoms with Crippen LogP contribution in [0, 0.1) is 0 Å². The predicted octanol–water partition coefficient (Wildman–Crippen LogP) is 6.93. The standard InChI is InChI=1S/C26H20F6N2O2/c1-16(17-6-3-2-4-7-17)33-22-15-23(18-8-5-9-21(14-18)36-26(30,31)32)34(24(22)35)20-12-10-19(11-13-20)25(27,28)29/h2-16,23,33H,1H3/t16-,23?/m1/s1. The van der Waals surface area contributed by atoms with Crippen LogP contribution in [0.1, 0.15) is 35.7 Å². The molecule has 0 saturated carbocycles. The molecular formula is C26H20F6N2O2. The third kappa shape index (κ3) is 5.64. The van der Waals surface area contributed by atoms with E-state index in [1.807, 2.05) is 37.3 Å². The van der Waals surface area contributed by atoms with Crippen molar-refractivity contribution in [3.8, 4) is 5.75 Å². The molecule has 0 aromatic heterocycles. The van der Waals surface area contributed by atoms with E-state index < -0.39 is 35.8 Å². The molecule has 1 heterocycles. The van der Waals surface area contributed by atoms with Crippen molar-refractivity contribution >= 4 is 11.6 Å². The van der Waals surface area contributed by atoms with Crippen molar-refractivity contribution in [1.82, 2.24) is 5.32 Å². The second-order valence-corrected chi connectivity index (χ2v) is 8.14. The lowest BCUT2D eigenvalue weighted by atomic mass is 10.1. The highest BCUT2D eigenvalue weighted by atomic mass is 19.4. The summed E-state index contributed by atoms with van der Waals surface area (Å²) in [5, 5.41) is 3.11. The summed E-state index contributed by atoms with van der Waals surface area (Å²) in [4.78, 5) is 14.6. The first-order chi connectivity index (χ1) is 16.9. The van der Waals surface area contributed by atoms with E-state index in [4.69, 9.17) is 0 Å². The smallest absolute Gasteiger partial charge is 0.406 e. The lowest BCUT2D eigenvalue weighted by molar-refractivity contribution is -0.274. The summed E-state index contributed by atoms with van der Waals surface area (Å²) in [7, 11) is 0. The van der Waals surface area contributed by atoms with Gasteiger partial charge < -0.3 is 10.1 Å². The van der Waals surface area contributed by atoms with Gasteiger partial charge >= 0.3 is 12.5 Å². The van der Waals surface area contributed by atoms with E-state index in [9.17, 15) is 31.1 Å². The number of carbonyl (C=O) groups excluding carboxylic acids is 1. The monoisotopic (exact) mass is 506 g/mol. The number of hydrogen-bond donors (Lipinski definition) is 1. The number of carbonyl (C=O) groups is 1.